The minimum absolute atomic E-state index is 0.162. The van der Waals surface area contributed by atoms with Gasteiger partial charge in [-0.15, -0.1) is 0 Å². The first kappa shape index (κ1) is 22.3. The van der Waals surface area contributed by atoms with E-state index in [9.17, 15) is 4.79 Å². The number of thiazole rings is 1. The highest BCUT2D eigenvalue weighted by atomic mass is 35.5. The van der Waals surface area contributed by atoms with Gasteiger partial charge in [0.15, 0.2) is 10.7 Å². The van der Waals surface area contributed by atoms with Crippen molar-refractivity contribution in [2.75, 3.05) is 39.2 Å². The molecule has 1 amide bonds. The van der Waals surface area contributed by atoms with Crippen molar-refractivity contribution in [3.63, 3.8) is 0 Å². The van der Waals surface area contributed by atoms with Crippen LogP contribution in [-0.2, 0) is 4.79 Å². The zero-order valence-electron chi connectivity index (χ0n) is 17.8. The monoisotopic (exact) mass is 447 g/mol. The quantitative estimate of drug-likeness (QED) is 0.500. The number of benzene rings is 2. The molecule has 0 radical (unpaired) electrons. The molecule has 0 fully saturated rings. The van der Waals surface area contributed by atoms with Crippen molar-refractivity contribution in [3.05, 3.63) is 47.5 Å². The summed E-state index contributed by atoms with van der Waals surface area (Å²) in [5.41, 5.74) is -0.259. The maximum absolute atomic E-state index is 13.5. The number of nitrogens with zero attached hydrogens (tertiary/aromatic N) is 3. The minimum atomic E-state index is -1.09. The van der Waals surface area contributed by atoms with Crippen LogP contribution in [0.3, 0.4) is 0 Å². The normalized spacial score (nSPS) is 11.7. The summed E-state index contributed by atoms with van der Waals surface area (Å²) in [6, 6.07) is 12.7. The molecule has 30 heavy (non-hydrogen) atoms. The number of methoxy groups -OCH3 is 1. The molecule has 160 valence electrons. The molecule has 8 heteroatoms. The van der Waals surface area contributed by atoms with E-state index in [1.807, 2.05) is 37.2 Å². The SMILES string of the molecule is COc1ccc2nc(N(CCN(C)C)C(=O)C(C)(C)Oc3ccc(Cl)cc3)sc2c1. The Kier molecular flexibility index (Phi) is 6.85. The number of ether oxygens (including phenoxy) is 2. The van der Waals surface area contributed by atoms with Crippen LogP contribution >= 0.6 is 22.9 Å². The van der Waals surface area contributed by atoms with Gasteiger partial charge in [0.2, 0.25) is 0 Å². The Labute approximate surface area is 186 Å². The highest BCUT2D eigenvalue weighted by Gasteiger charge is 2.36. The summed E-state index contributed by atoms with van der Waals surface area (Å²) in [4.78, 5) is 22.0. The molecule has 2 aromatic carbocycles. The minimum Gasteiger partial charge on any atom is -0.497 e. The first-order valence-corrected chi connectivity index (χ1v) is 10.7. The molecule has 3 rings (SSSR count). The van der Waals surface area contributed by atoms with Crippen LogP contribution < -0.4 is 14.4 Å². The van der Waals surface area contributed by atoms with Gasteiger partial charge in [0, 0.05) is 18.1 Å². The largest absolute Gasteiger partial charge is 0.497 e. The molecule has 0 aliphatic carbocycles. The molecule has 0 unspecified atom stereocenters. The van der Waals surface area contributed by atoms with Gasteiger partial charge in [-0.25, -0.2) is 4.98 Å². The van der Waals surface area contributed by atoms with Gasteiger partial charge in [-0.1, -0.05) is 22.9 Å². The molecule has 0 atom stereocenters. The molecule has 0 bridgehead atoms. The van der Waals surface area contributed by atoms with Crippen LogP contribution in [0.4, 0.5) is 5.13 Å². The van der Waals surface area contributed by atoms with Gasteiger partial charge >= 0.3 is 0 Å². The topological polar surface area (TPSA) is 54.9 Å². The average Bonchev–Trinajstić information content (AvgIpc) is 3.12. The van der Waals surface area contributed by atoms with Crippen LogP contribution in [0.5, 0.6) is 11.5 Å². The Morgan fingerprint density at radius 2 is 1.77 bits per heavy atom. The summed E-state index contributed by atoms with van der Waals surface area (Å²) in [5.74, 6) is 1.18. The lowest BCUT2D eigenvalue weighted by atomic mass is 10.1. The number of hydrogen-bond acceptors (Lipinski definition) is 6. The standard InChI is InChI=1S/C22H26ClN3O3S/c1-22(2,29-16-8-6-15(23)7-9-16)20(27)26(13-12-25(3)4)21-24-18-11-10-17(28-5)14-19(18)30-21/h6-11,14H,12-13H2,1-5H3. The zero-order valence-corrected chi connectivity index (χ0v) is 19.4. The molecular weight excluding hydrogens is 422 g/mol. The van der Waals surface area contributed by atoms with Crippen LogP contribution in [0.25, 0.3) is 10.2 Å². The fraction of sp³-hybridized carbons (Fsp3) is 0.364. The van der Waals surface area contributed by atoms with Gasteiger partial charge < -0.3 is 14.4 Å². The molecule has 0 N–H and O–H groups in total. The third-order valence-electron chi connectivity index (χ3n) is 4.53. The number of hydrogen-bond donors (Lipinski definition) is 0. The van der Waals surface area contributed by atoms with Gasteiger partial charge in [0.05, 0.1) is 17.3 Å². The Bertz CT molecular complexity index is 1020. The molecule has 0 aliphatic rings. The average molecular weight is 448 g/mol. The van der Waals surface area contributed by atoms with Crippen molar-refractivity contribution in [2.45, 2.75) is 19.4 Å². The van der Waals surface area contributed by atoms with E-state index in [-0.39, 0.29) is 5.91 Å². The van der Waals surface area contributed by atoms with E-state index in [0.29, 0.717) is 29.0 Å². The van der Waals surface area contributed by atoms with Crippen molar-refractivity contribution in [3.8, 4) is 11.5 Å². The van der Waals surface area contributed by atoms with Crippen molar-refractivity contribution < 1.29 is 14.3 Å². The molecule has 6 nitrogen and oxygen atoms in total. The van der Waals surface area contributed by atoms with E-state index >= 15 is 0 Å². The lowest BCUT2D eigenvalue weighted by Crippen LogP contribution is -2.50. The molecule has 1 heterocycles. The number of carbonyl (C=O) groups excluding carboxylic acids is 1. The fourth-order valence-corrected chi connectivity index (χ4v) is 4.03. The van der Waals surface area contributed by atoms with Crippen LogP contribution in [0.1, 0.15) is 13.8 Å². The summed E-state index contributed by atoms with van der Waals surface area (Å²) in [7, 11) is 5.58. The highest BCUT2D eigenvalue weighted by Crippen LogP contribution is 2.33. The lowest BCUT2D eigenvalue weighted by molar-refractivity contribution is -0.131. The molecule has 0 aliphatic heterocycles. The number of halogens is 1. The van der Waals surface area contributed by atoms with Crippen LogP contribution in [0.2, 0.25) is 5.02 Å². The summed E-state index contributed by atoms with van der Waals surface area (Å²) >= 11 is 7.42. The molecule has 3 aromatic rings. The van der Waals surface area contributed by atoms with Gasteiger partial charge in [-0.05, 0) is 70.4 Å². The Balaban J connectivity index is 1.91. The van der Waals surface area contributed by atoms with E-state index < -0.39 is 5.60 Å². The fourth-order valence-electron chi connectivity index (χ4n) is 2.89. The van der Waals surface area contributed by atoms with Gasteiger partial charge in [0.25, 0.3) is 5.91 Å². The van der Waals surface area contributed by atoms with Crippen LogP contribution in [-0.4, -0.2) is 55.7 Å². The number of fused-ring (bicyclic) bond motifs is 1. The molecular formula is C22H26ClN3O3S. The number of amides is 1. The summed E-state index contributed by atoms with van der Waals surface area (Å²) in [6.45, 7) is 4.73. The Morgan fingerprint density at radius 1 is 1.10 bits per heavy atom. The van der Waals surface area contributed by atoms with Crippen molar-refractivity contribution >= 4 is 44.2 Å². The third-order valence-corrected chi connectivity index (χ3v) is 5.83. The van der Waals surface area contributed by atoms with Crippen molar-refractivity contribution in [1.29, 1.82) is 0 Å². The van der Waals surface area contributed by atoms with Crippen LogP contribution in [0.15, 0.2) is 42.5 Å². The maximum Gasteiger partial charge on any atom is 0.272 e. The second-order valence-corrected chi connectivity index (χ2v) is 9.10. The molecule has 0 spiro atoms. The Morgan fingerprint density at radius 3 is 2.40 bits per heavy atom. The molecule has 1 aromatic heterocycles. The third kappa shape index (κ3) is 5.22. The van der Waals surface area contributed by atoms with E-state index in [2.05, 4.69) is 0 Å². The predicted molar refractivity (Wildman–Crippen MR) is 123 cm³/mol. The van der Waals surface area contributed by atoms with Gasteiger partial charge in [0.1, 0.15) is 11.5 Å². The number of carbonyl (C=O) groups is 1. The number of likely N-dealkylation sites (N-methyl/N-ethyl adjacent to an activating group) is 1. The highest BCUT2D eigenvalue weighted by molar-refractivity contribution is 7.22. The smallest absolute Gasteiger partial charge is 0.272 e. The first-order valence-electron chi connectivity index (χ1n) is 9.55. The summed E-state index contributed by atoms with van der Waals surface area (Å²) < 4.78 is 12.3. The van der Waals surface area contributed by atoms with Crippen molar-refractivity contribution in [1.82, 2.24) is 9.88 Å². The second kappa shape index (κ2) is 9.20. The lowest BCUT2D eigenvalue weighted by Gasteiger charge is -2.31. The van der Waals surface area contributed by atoms with E-state index in [1.165, 1.54) is 11.3 Å². The molecule has 0 saturated heterocycles. The first-order chi connectivity index (χ1) is 14.2. The summed E-state index contributed by atoms with van der Waals surface area (Å²) in [6.07, 6.45) is 0. The number of anilines is 1. The van der Waals surface area contributed by atoms with Gasteiger partial charge in [-0.3, -0.25) is 9.69 Å². The van der Waals surface area contributed by atoms with Crippen molar-refractivity contribution in [2.24, 2.45) is 0 Å². The predicted octanol–water partition coefficient (Wildman–Crippen LogP) is 4.71. The molecule has 0 saturated carbocycles. The number of rotatable bonds is 8. The summed E-state index contributed by atoms with van der Waals surface area (Å²) in [5, 5.41) is 1.25. The Hall–Kier alpha value is -2.35. The zero-order chi connectivity index (χ0) is 21.9. The van der Waals surface area contributed by atoms with Gasteiger partial charge in [-0.2, -0.15) is 0 Å². The van der Waals surface area contributed by atoms with E-state index in [0.717, 1.165) is 16.0 Å². The second-order valence-electron chi connectivity index (χ2n) is 7.66. The number of aromatic nitrogens is 1. The van der Waals surface area contributed by atoms with E-state index in [1.54, 1.807) is 50.1 Å². The maximum atomic E-state index is 13.5. The van der Waals surface area contributed by atoms with Crippen LogP contribution in [0, 0.1) is 0 Å². The van der Waals surface area contributed by atoms with E-state index in [4.69, 9.17) is 26.1 Å².